The number of ether oxygens (including phenoxy) is 1. The highest BCUT2D eigenvalue weighted by Gasteiger charge is 2.42. The first-order valence-corrected chi connectivity index (χ1v) is 11.3. The third-order valence-corrected chi connectivity index (χ3v) is 6.44. The van der Waals surface area contributed by atoms with Crippen LogP contribution in [0.25, 0.3) is 11.0 Å². The van der Waals surface area contributed by atoms with Gasteiger partial charge in [0.2, 0.25) is 5.76 Å². The molecule has 0 saturated heterocycles. The Hall–Kier alpha value is -3.61. The van der Waals surface area contributed by atoms with E-state index in [9.17, 15) is 14.7 Å². The van der Waals surface area contributed by atoms with Crippen LogP contribution in [0.4, 0.5) is 0 Å². The van der Waals surface area contributed by atoms with E-state index in [1.807, 2.05) is 42.5 Å². The minimum Gasteiger partial charge on any atom is -0.489 e. The summed E-state index contributed by atoms with van der Waals surface area (Å²) in [4.78, 5) is 28.1. The smallest absolute Gasteiger partial charge is 0.290 e. The molecular formula is C27H22ClNO5. The van der Waals surface area contributed by atoms with E-state index in [0.29, 0.717) is 28.3 Å². The minimum absolute atomic E-state index is 0.00192. The lowest BCUT2D eigenvalue weighted by molar-refractivity contribution is 0.0691. The van der Waals surface area contributed by atoms with Crippen LogP contribution in [0.5, 0.6) is 5.75 Å². The lowest BCUT2D eigenvalue weighted by Crippen LogP contribution is -2.32. The Labute approximate surface area is 201 Å². The molecule has 0 aliphatic carbocycles. The molecule has 1 N–H and O–H groups in total. The second kappa shape index (κ2) is 8.97. The Bertz CT molecular complexity index is 1430. The highest BCUT2D eigenvalue weighted by atomic mass is 35.5. The molecule has 7 heteroatoms. The monoisotopic (exact) mass is 475 g/mol. The highest BCUT2D eigenvalue weighted by molar-refractivity contribution is 6.32. The van der Waals surface area contributed by atoms with Crippen molar-refractivity contribution in [3.05, 3.63) is 110 Å². The van der Waals surface area contributed by atoms with Crippen molar-refractivity contribution in [1.82, 2.24) is 4.90 Å². The van der Waals surface area contributed by atoms with Crippen LogP contribution in [-0.4, -0.2) is 29.1 Å². The number of hydrogen-bond donors (Lipinski definition) is 1. The molecule has 5 rings (SSSR count). The molecule has 4 aromatic rings. The standard InChI is InChI=1S/C27H22ClNO5/c1-16-13-22-20(14-21(16)28)25(31)23-24(29(11-12-30)27(32)26(23)34-22)18-7-9-19(10-8-18)33-15-17-5-3-2-4-6-17/h2-10,13-14,24,30H,11-12,15H2,1H3/t24-/m0/s1. The van der Waals surface area contributed by atoms with Crippen molar-refractivity contribution in [2.45, 2.75) is 19.6 Å². The first kappa shape index (κ1) is 22.2. The molecule has 3 aromatic carbocycles. The first-order chi connectivity index (χ1) is 16.5. The second-order valence-electron chi connectivity index (χ2n) is 8.24. The molecule has 34 heavy (non-hydrogen) atoms. The van der Waals surface area contributed by atoms with Gasteiger partial charge in [0.1, 0.15) is 17.9 Å². The zero-order valence-corrected chi connectivity index (χ0v) is 19.2. The van der Waals surface area contributed by atoms with Crippen LogP contribution in [0.1, 0.15) is 38.9 Å². The number of aliphatic hydroxyl groups is 1. The number of amides is 1. The Morgan fingerprint density at radius 3 is 2.50 bits per heavy atom. The zero-order valence-electron chi connectivity index (χ0n) is 18.5. The van der Waals surface area contributed by atoms with Crippen molar-refractivity contribution in [3.63, 3.8) is 0 Å². The van der Waals surface area contributed by atoms with E-state index in [0.717, 1.165) is 16.7 Å². The summed E-state index contributed by atoms with van der Waals surface area (Å²) in [6.07, 6.45) is 0. The van der Waals surface area contributed by atoms with Crippen molar-refractivity contribution < 1.29 is 19.1 Å². The molecule has 0 fully saturated rings. The van der Waals surface area contributed by atoms with Crippen molar-refractivity contribution in [1.29, 1.82) is 0 Å². The minimum atomic E-state index is -0.682. The summed E-state index contributed by atoms with van der Waals surface area (Å²) in [6.45, 7) is 2.05. The van der Waals surface area contributed by atoms with Crippen molar-refractivity contribution in [2.75, 3.05) is 13.2 Å². The summed E-state index contributed by atoms with van der Waals surface area (Å²) < 4.78 is 11.8. The van der Waals surface area contributed by atoms with E-state index >= 15 is 0 Å². The number of carbonyl (C=O) groups excluding carboxylic acids is 1. The lowest BCUT2D eigenvalue weighted by Gasteiger charge is -2.24. The van der Waals surface area contributed by atoms with E-state index in [4.69, 9.17) is 20.8 Å². The van der Waals surface area contributed by atoms with Gasteiger partial charge in [-0.2, -0.15) is 0 Å². The Morgan fingerprint density at radius 2 is 1.79 bits per heavy atom. The number of nitrogens with zero attached hydrogens (tertiary/aromatic N) is 1. The van der Waals surface area contributed by atoms with Gasteiger partial charge in [0.25, 0.3) is 5.91 Å². The van der Waals surface area contributed by atoms with E-state index in [-0.39, 0.29) is 29.9 Å². The van der Waals surface area contributed by atoms with Gasteiger partial charge in [-0.1, -0.05) is 54.1 Å². The molecule has 2 heterocycles. The summed E-state index contributed by atoms with van der Waals surface area (Å²) in [7, 11) is 0. The fourth-order valence-electron chi connectivity index (χ4n) is 4.31. The summed E-state index contributed by atoms with van der Waals surface area (Å²) >= 11 is 6.26. The lowest BCUT2D eigenvalue weighted by atomic mass is 9.98. The fourth-order valence-corrected chi connectivity index (χ4v) is 4.48. The molecule has 0 saturated carbocycles. The molecule has 0 spiro atoms. The third kappa shape index (κ3) is 3.85. The maximum Gasteiger partial charge on any atom is 0.290 e. The van der Waals surface area contributed by atoms with Crippen LogP contribution in [0.3, 0.4) is 0 Å². The van der Waals surface area contributed by atoms with Crippen molar-refractivity contribution in [3.8, 4) is 5.75 Å². The van der Waals surface area contributed by atoms with Gasteiger partial charge in [-0.3, -0.25) is 9.59 Å². The quantitative estimate of drug-likeness (QED) is 0.430. The van der Waals surface area contributed by atoms with Crippen LogP contribution in [0, 0.1) is 6.92 Å². The average Bonchev–Trinajstić information content (AvgIpc) is 3.12. The van der Waals surface area contributed by atoms with Gasteiger partial charge in [0.15, 0.2) is 5.43 Å². The van der Waals surface area contributed by atoms with Gasteiger partial charge in [-0.15, -0.1) is 0 Å². The van der Waals surface area contributed by atoms with Crippen LogP contribution in [0.2, 0.25) is 5.02 Å². The highest BCUT2D eigenvalue weighted by Crippen LogP contribution is 2.39. The summed E-state index contributed by atoms with van der Waals surface area (Å²) in [5.41, 5.74) is 2.78. The van der Waals surface area contributed by atoms with Gasteiger partial charge in [0.05, 0.1) is 23.6 Å². The number of rotatable bonds is 6. The van der Waals surface area contributed by atoms with Gasteiger partial charge in [0, 0.05) is 11.6 Å². The number of aryl methyl sites for hydroxylation is 1. The van der Waals surface area contributed by atoms with Crippen molar-refractivity contribution in [2.24, 2.45) is 0 Å². The van der Waals surface area contributed by atoms with Gasteiger partial charge >= 0.3 is 0 Å². The molecule has 0 bridgehead atoms. The van der Waals surface area contributed by atoms with Crippen LogP contribution < -0.4 is 10.2 Å². The molecular weight excluding hydrogens is 454 g/mol. The molecule has 1 aromatic heterocycles. The van der Waals surface area contributed by atoms with Gasteiger partial charge in [-0.25, -0.2) is 0 Å². The number of aliphatic hydroxyl groups excluding tert-OH is 1. The predicted octanol–water partition coefficient (Wildman–Crippen LogP) is 4.87. The number of halogens is 1. The first-order valence-electron chi connectivity index (χ1n) is 10.9. The summed E-state index contributed by atoms with van der Waals surface area (Å²) in [5.74, 6) is 0.241. The predicted molar refractivity (Wildman–Crippen MR) is 129 cm³/mol. The number of benzene rings is 3. The number of β-amino-alcohol motifs (C(OH)–C–C–N with tert-alkyl or cyclic N) is 1. The Morgan fingerprint density at radius 1 is 1.06 bits per heavy atom. The maximum absolute atomic E-state index is 13.5. The number of carbonyl (C=O) groups is 1. The fraction of sp³-hybridized carbons (Fsp3) is 0.185. The van der Waals surface area contributed by atoms with E-state index in [1.54, 1.807) is 31.2 Å². The normalized spacial score (nSPS) is 15.1. The van der Waals surface area contributed by atoms with Gasteiger partial charge < -0.3 is 19.2 Å². The van der Waals surface area contributed by atoms with E-state index in [2.05, 4.69) is 0 Å². The van der Waals surface area contributed by atoms with Crippen LogP contribution in [0.15, 0.2) is 75.9 Å². The Balaban J connectivity index is 1.54. The zero-order chi connectivity index (χ0) is 23.8. The molecule has 1 amide bonds. The maximum atomic E-state index is 13.5. The summed E-state index contributed by atoms with van der Waals surface area (Å²) in [5, 5.41) is 10.4. The van der Waals surface area contributed by atoms with E-state index < -0.39 is 11.9 Å². The molecule has 1 aliphatic rings. The number of hydrogen-bond acceptors (Lipinski definition) is 5. The topological polar surface area (TPSA) is 80.0 Å². The Kier molecular flexibility index (Phi) is 5.86. The van der Waals surface area contributed by atoms with Gasteiger partial charge in [-0.05, 0) is 47.9 Å². The summed E-state index contributed by atoms with van der Waals surface area (Å²) in [6, 6.07) is 19.6. The SMILES string of the molecule is Cc1cc2oc3c(c(=O)c2cc1Cl)[C@H](c1ccc(OCc2ccccc2)cc1)N(CCO)C3=O. The molecule has 172 valence electrons. The molecule has 0 unspecified atom stereocenters. The molecule has 1 aliphatic heterocycles. The molecule has 6 nitrogen and oxygen atoms in total. The number of fused-ring (bicyclic) bond motifs is 2. The van der Waals surface area contributed by atoms with Crippen LogP contribution in [-0.2, 0) is 6.61 Å². The largest absolute Gasteiger partial charge is 0.489 e. The average molecular weight is 476 g/mol. The molecule has 1 atom stereocenters. The van der Waals surface area contributed by atoms with Crippen LogP contribution >= 0.6 is 11.6 Å². The molecule has 0 radical (unpaired) electrons. The van der Waals surface area contributed by atoms with Crippen molar-refractivity contribution >= 4 is 28.5 Å². The third-order valence-electron chi connectivity index (χ3n) is 6.03. The van der Waals surface area contributed by atoms with E-state index in [1.165, 1.54) is 4.90 Å². The second-order valence-corrected chi connectivity index (χ2v) is 8.65.